The van der Waals surface area contributed by atoms with Gasteiger partial charge in [0.25, 0.3) is 6.43 Å². The standard InChI is InChI=1S/C15H19F2N7O/c16-14(17)11-7-12(20-15(18)13(11)24-2-1-19-21-24)23-5-3-22(4-6-23)10-8-25-9-10/h1-2,7,10,14H,3-6,8-9H2,(H2,18,20). The van der Waals surface area contributed by atoms with Gasteiger partial charge in [0, 0.05) is 26.2 Å². The summed E-state index contributed by atoms with van der Waals surface area (Å²) in [4.78, 5) is 8.69. The summed E-state index contributed by atoms with van der Waals surface area (Å²) < 4.78 is 33.6. The van der Waals surface area contributed by atoms with Crippen LogP contribution >= 0.6 is 0 Å². The van der Waals surface area contributed by atoms with Gasteiger partial charge in [0.05, 0.1) is 37.2 Å². The molecule has 2 aromatic rings. The summed E-state index contributed by atoms with van der Waals surface area (Å²) in [6, 6.07) is 1.88. The SMILES string of the molecule is Nc1nc(N2CCN(C3COC3)CC2)cc(C(F)F)c1-n1ccnn1. The Bertz CT molecular complexity index is 728. The van der Waals surface area contributed by atoms with E-state index >= 15 is 0 Å². The lowest BCUT2D eigenvalue weighted by Crippen LogP contribution is -2.56. The molecule has 2 aromatic heterocycles. The van der Waals surface area contributed by atoms with Crippen LogP contribution in [0.4, 0.5) is 20.4 Å². The van der Waals surface area contributed by atoms with E-state index in [4.69, 9.17) is 10.5 Å². The fourth-order valence-electron chi connectivity index (χ4n) is 3.22. The second-order valence-electron chi connectivity index (χ2n) is 6.17. The summed E-state index contributed by atoms with van der Waals surface area (Å²) in [6.07, 6.45) is 0.196. The highest BCUT2D eigenvalue weighted by Gasteiger charge is 2.30. The van der Waals surface area contributed by atoms with E-state index in [0.717, 1.165) is 26.3 Å². The van der Waals surface area contributed by atoms with Crippen LogP contribution in [-0.4, -0.2) is 70.3 Å². The molecule has 2 fully saturated rings. The van der Waals surface area contributed by atoms with Gasteiger partial charge in [0.1, 0.15) is 11.5 Å². The van der Waals surface area contributed by atoms with Crippen LogP contribution in [0.1, 0.15) is 12.0 Å². The molecule has 0 aromatic carbocycles. The molecular formula is C15H19F2N7O. The Morgan fingerprint density at radius 1 is 1.20 bits per heavy atom. The van der Waals surface area contributed by atoms with E-state index in [1.807, 2.05) is 4.90 Å². The second kappa shape index (κ2) is 6.52. The van der Waals surface area contributed by atoms with Crippen LogP contribution in [0, 0.1) is 0 Å². The van der Waals surface area contributed by atoms with Crippen molar-refractivity contribution in [1.29, 1.82) is 0 Å². The number of ether oxygens (including phenoxy) is 1. The summed E-state index contributed by atoms with van der Waals surface area (Å²) in [5.41, 5.74) is 5.87. The fraction of sp³-hybridized carbons (Fsp3) is 0.533. The number of nitrogens with zero attached hydrogens (tertiary/aromatic N) is 6. The van der Waals surface area contributed by atoms with Crippen LogP contribution in [-0.2, 0) is 4.74 Å². The zero-order valence-corrected chi connectivity index (χ0v) is 13.6. The minimum Gasteiger partial charge on any atom is -0.382 e. The number of nitrogen functional groups attached to an aromatic ring is 1. The molecule has 2 saturated heterocycles. The lowest BCUT2D eigenvalue weighted by molar-refractivity contribution is -0.0661. The van der Waals surface area contributed by atoms with Crippen molar-refractivity contribution in [2.45, 2.75) is 12.5 Å². The van der Waals surface area contributed by atoms with Crippen LogP contribution in [0.3, 0.4) is 0 Å². The average molecular weight is 351 g/mol. The van der Waals surface area contributed by atoms with Crippen molar-refractivity contribution in [2.24, 2.45) is 0 Å². The topological polar surface area (TPSA) is 85.3 Å². The molecule has 0 aliphatic carbocycles. The van der Waals surface area contributed by atoms with E-state index < -0.39 is 6.43 Å². The molecule has 4 rings (SSSR count). The van der Waals surface area contributed by atoms with Crippen LogP contribution in [0.25, 0.3) is 5.69 Å². The van der Waals surface area contributed by atoms with Gasteiger partial charge < -0.3 is 15.4 Å². The molecule has 4 heterocycles. The van der Waals surface area contributed by atoms with Gasteiger partial charge in [-0.15, -0.1) is 5.10 Å². The Morgan fingerprint density at radius 2 is 1.96 bits per heavy atom. The highest BCUT2D eigenvalue weighted by atomic mass is 19.3. The molecule has 0 unspecified atom stereocenters. The molecule has 0 atom stereocenters. The zero-order chi connectivity index (χ0) is 17.4. The van der Waals surface area contributed by atoms with Gasteiger partial charge in [-0.3, -0.25) is 4.90 Å². The summed E-state index contributed by atoms with van der Waals surface area (Å²) in [6.45, 7) is 4.68. The average Bonchev–Trinajstić information content (AvgIpc) is 3.07. The molecule has 2 N–H and O–H groups in total. The fourth-order valence-corrected chi connectivity index (χ4v) is 3.22. The third kappa shape index (κ3) is 3.02. The van der Waals surface area contributed by atoms with E-state index in [9.17, 15) is 8.78 Å². The smallest absolute Gasteiger partial charge is 0.266 e. The summed E-state index contributed by atoms with van der Waals surface area (Å²) >= 11 is 0. The van der Waals surface area contributed by atoms with Crippen molar-refractivity contribution in [3.63, 3.8) is 0 Å². The number of rotatable bonds is 4. The molecule has 0 amide bonds. The van der Waals surface area contributed by atoms with Crippen molar-refractivity contribution in [2.75, 3.05) is 50.0 Å². The summed E-state index contributed by atoms with van der Waals surface area (Å²) in [7, 11) is 0. The van der Waals surface area contributed by atoms with Crippen LogP contribution < -0.4 is 10.6 Å². The quantitative estimate of drug-likeness (QED) is 0.868. The van der Waals surface area contributed by atoms with Gasteiger partial charge >= 0.3 is 0 Å². The van der Waals surface area contributed by atoms with Gasteiger partial charge in [0.15, 0.2) is 5.82 Å². The number of hydrogen-bond donors (Lipinski definition) is 1. The van der Waals surface area contributed by atoms with Crippen molar-refractivity contribution >= 4 is 11.6 Å². The molecule has 10 heteroatoms. The molecule has 0 bridgehead atoms. The Kier molecular flexibility index (Phi) is 4.22. The van der Waals surface area contributed by atoms with Gasteiger partial charge in [0.2, 0.25) is 0 Å². The third-order valence-corrected chi connectivity index (χ3v) is 4.70. The number of anilines is 2. The Morgan fingerprint density at radius 3 is 2.52 bits per heavy atom. The molecule has 8 nitrogen and oxygen atoms in total. The Balaban J connectivity index is 1.58. The number of hydrogen-bond acceptors (Lipinski definition) is 7. The highest BCUT2D eigenvalue weighted by Crippen LogP contribution is 2.32. The molecule has 2 aliphatic rings. The summed E-state index contributed by atoms with van der Waals surface area (Å²) in [5, 5.41) is 7.41. The van der Waals surface area contributed by atoms with E-state index in [0.29, 0.717) is 24.9 Å². The van der Waals surface area contributed by atoms with E-state index in [1.165, 1.54) is 23.1 Å². The van der Waals surface area contributed by atoms with Crippen LogP contribution in [0.15, 0.2) is 18.5 Å². The molecule has 0 saturated carbocycles. The normalized spacial score (nSPS) is 19.4. The van der Waals surface area contributed by atoms with Crippen molar-refractivity contribution in [3.05, 3.63) is 24.0 Å². The Hall–Kier alpha value is -2.33. The van der Waals surface area contributed by atoms with Crippen molar-refractivity contribution in [3.8, 4) is 5.69 Å². The zero-order valence-electron chi connectivity index (χ0n) is 13.6. The minimum absolute atomic E-state index is 0.0214. The van der Waals surface area contributed by atoms with Crippen molar-refractivity contribution in [1.82, 2.24) is 24.9 Å². The maximum atomic E-state index is 13.6. The third-order valence-electron chi connectivity index (χ3n) is 4.70. The first-order valence-corrected chi connectivity index (χ1v) is 8.15. The number of piperazine rings is 1. The number of halogens is 2. The Labute approximate surface area is 143 Å². The first-order chi connectivity index (χ1) is 12.1. The van der Waals surface area contributed by atoms with E-state index in [2.05, 4.69) is 20.2 Å². The molecule has 25 heavy (non-hydrogen) atoms. The van der Waals surface area contributed by atoms with E-state index in [-0.39, 0.29) is 17.1 Å². The molecule has 0 spiro atoms. The molecular weight excluding hydrogens is 332 g/mol. The van der Waals surface area contributed by atoms with Crippen molar-refractivity contribution < 1.29 is 13.5 Å². The first-order valence-electron chi connectivity index (χ1n) is 8.15. The predicted octanol–water partition coefficient (Wildman–Crippen LogP) is 0.703. The minimum atomic E-state index is -2.68. The van der Waals surface area contributed by atoms with Gasteiger partial charge in [-0.1, -0.05) is 5.21 Å². The van der Waals surface area contributed by atoms with Crippen LogP contribution in [0.2, 0.25) is 0 Å². The first kappa shape index (κ1) is 16.2. The molecule has 134 valence electrons. The number of pyridine rings is 1. The largest absolute Gasteiger partial charge is 0.382 e. The maximum Gasteiger partial charge on any atom is 0.266 e. The van der Waals surface area contributed by atoms with Crippen LogP contribution in [0.5, 0.6) is 0 Å². The number of alkyl halides is 2. The lowest BCUT2D eigenvalue weighted by atomic mass is 10.1. The molecule has 0 radical (unpaired) electrons. The summed E-state index contributed by atoms with van der Waals surface area (Å²) in [5.74, 6) is 0.495. The second-order valence-corrected chi connectivity index (χ2v) is 6.17. The lowest BCUT2D eigenvalue weighted by Gasteiger charge is -2.43. The highest BCUT2D eigenvalue weighted by molar-refractivity contribution is 5.63. The van der Waals surface area contributed by atoms with Gasteiger partial charge in [-0.2, -0.15) is 0 Å². The monoisotopic (exact) mass is 351 g/mol. The predicted molar refractivity (Wildman–Crippen MR) is 86.9 cm³/mol. The number of aromatic nitrogens is 4. The maximum absolute atomic E-state index is 13.6. The van der Waals surface area contributed by atoms with Gasteiger partial charge in [-0.05, 0) is 6.07 Å². The van der Waals surface area contributed by atoms with E-state index in [1.54, 1.807) is 0 Å². The number of nitrogens with two attached hydrogens (primary N) is 1. The van der Waals surface area contributed by atoms with Gasteiger partial charge in [-0.25, -0.2) is 18.4 Å². The molecule has 2 aliphatic heterocycles.